The largest absolute Gasteiger partial charge is 0.451 e. The number of esters is 1. The first-order valence-corrected chi connectivity index (χ1v) is 14.3. The molecule has 4 aliphatic carbocycles. The number of carbonyl (C=O) groups excluding carboxylic acids is 3. The highest BCUT2D eigenvalue weighted by atomic mass is 79.9. The van der Waals surface area contributed by atoms with E-state index in [1.54, 1.807) is 0 Å². The zero-order valence-corrected chi connectivity index (χ0v) is 23.3. The monoisotopic (exact) mass is 553 g/mol. The van der Waals surface area contributed by atoms with Gasteiger partial charge >= 0.3 is 5.97 Å². The molecule has 5 rings (SSSR count). The van der Waals surface area contributed by atoms with E-state index >= 15 is 0 Å². The molecule has 5 nitrogen and oxygen atoms in total. The second-order valence-corrected chi connectivity index (χ2v) is 12.1. The van der Waals surface area contributed by atoms with Crippen LogP contribution in [0, 0.1) is 17.3 Å². The molecule has 2 saturated carbocycles. The Bertz CT molecular complexity index is 1170. The van der Waals surface area contributed by atoms with Gasteiger partial charge in [0.15, 0.2) is 17.2 Å². The van der Waals surface area contributed by atoms with E-state index in [1.165, 1.54) is 29.2 Å². The maximum absolute atomic E-state index is 13.5. The van der Waals surface area contributed by atoms with Gasteiger partial charge in [-0.25, -0.2) is 0 Å². The lowest BCUT2D eigenvalue weighted by Crippen LogP contribution is -2.58. The van der Waals surface area contributed by atoms with Crippen LogP contribution in [-0.4, -0.2) is 42.6 Å². The van der Waals surface area contributed by atoms with Crippen molar-refractivity contribution in [2.75, 3.05) is 24.3 Å². The average Bonchev–Trinajstić information content (AvgIpc) is 3.14. The number of alkyl halides is 1. The van der Waals surface area contributed by atoms with E-state index in [-0.39, 0.29) is 34.7 Å². The molecule has 0 heterocycles. The number of hydrogen-bond donors (Lipinski definition) is 0. The molecule has 0 saturated heterocycles. The summed E-state index contributed by atoms with van der Waals surface area (Å²) in [5, 5.41) is 0.179. The van der Waals surface area contributed by atoms with Crippen LogP contribution in [0.5, 0.6) is 0 Å². The van der Waals surface area contributed by atoms with Gasteiger partial charge in [0, 0.05) is 44.5 Å². The van der Waals surface area contributed by atoms with Crippen LogP contribution in [-0.2, 0) is 19.1 Å². The highest BCUT2D eigenvalue weighted by Gasteiger charge is 2.67. The van der Waals surface area contributed by atoms with Crippen molar-refractivity contribution in [3.05, 3.63) is 52.6 Å². The average molecular weight is 555 g/mol. The minimum atomic E-state index is -1.11. The Morgan fingerprint density at radius 2 is 1.83 bits per heavy atom. The van der Waals surface area contributed by atoms with Crippen molar-refractivity contribution in [3.63, 3.8) is 0 Å². The van der Waals surface area contributed by atoms with E-state index in [0.29, 0.717) is 18.8 Å². The number of nitrogens with zero attached hydrogens (tertiary/aromatic N) is 1. The summed E-state index contributed by atoms with van der Waals surface area (Å²) in [7, 11) is 4.08. The normalized spacial score (nSPS) is 33.3. The fourth-order valence-corrected chi connectivity index (χ4v) is 8.44. The highest BCUT2D eigenvalue weighted by molar-refractivity contribution is 9.09. The smallest absolute Gasteiger partial charge is 0.303 e. The molecule has 4 aliphatic rings. The van der Waals surface area contributed by atoms with Crippen molar-refractivity contribution in [3.8, 4) is 0 Å². The molecule has 0 aromatic heterocycles. The predicted octanol–water partition coefficient (Wildman–Crippen LogP) is 5.92. The summed E-state index contributed by atoms with van der Waals surface area (Å²) in [6.45, 7) is 3.62. The Morgan fingerprint density at radius 3 is 2.47 bits per heavy atom. The molecule has 192 valence electrons. The zero-order chi connectivity index (χ0) is 25.8. The lowest BCUT2D eigenvalue weighted by Gasteiger charge is -2.55. The Hall–Kier alpha value is -2.21. The van der Waals surface area contributed by atoms with E-state index < -0.39 is 11.0 Å². The van der Waals surface area contributed by atoms with Crippen molar-refractivity contribution in [2.45, 2.75) is 70.3 Å². The SMILES string of the molecule is CC(=O)O[C@]1(C(=O)CBr)CCC2C3CCC4=CC(=O)CCC4=C3C(c3ccc(N(C)C)cc3)CC21C. The Labute approximate surface area is 222 Å². The fourth-order valence-electron chi connectivity index (χ4n) is 7.99. The van der Waals surface area contributed by atoms with Crippen molar-refractivity contribution in [1.29, 1.82) is 0 Å². The van der Waals surface area contributed by atoms with Gasteiger partial charge in [-0.05, 0) is 85.3 Å². The maximum atomic E-state index is 13.5. The number of benzene rings is 1. The van der Waals surface area contributed by atoms with Crippen LogP contribution in [0.25, 0.3) is 0 Å². The number of carbonyl (C=O) groups is 3. The number of ketones is 2. The number of anilines is 1. The van der Waals surface area contributed by atoms with Gasteiger partial charge < -0.3 is 9.64 Å². The van der Waals surface area contributed by atoms with Crippen LogP contribution < -0.4 is 4.90 Å². The van der Waals surface area contributed by atoms with E-state index in [2.05, 4.69) is 52.0 Å². The molecule has 0 N–H and O–H groups in total. The third-order valence-corrected chi connectivity index (χ3v) is 10.1. The molecular formula is C30H36BrNO4. The molecule has 1 aromatic carbocycles. The second-order valence-electron chi connectivity index (χ2n) is 11.5. The number of halogens is 1. The summed E-state index contributed by atoms with van der Waals surface area (Å²) in [6.07, 6.45) is 7.34. The third kappa shape index (κ3) is 3.82. The van der Waals surface area contributed by atoms with Crippen molar-refractivity contribution in [1.82, 2.24) is 0 Å². The molecule has 0 radical (unpaired) electrons. The van der Waals surface area contributed by atoms with Gasteiger partial charge in [-0.15, -0.1) is 0 Å². The number of allylic oxidation sites excluding steroid dienone is 4. The standard InChI is InChI=1S/C30H36BrNO4/c1-18(33)36-30(27(35)17-31)14-13-26-24-11-7-20-15-22(34)10-12-23(20)28(24)25(16-29(26,30)2)19-5-8-21(9-6-19)32(3)4/h5-6,8-9,15,24-26H,7,10-14,16-17H2,1-4H3/t24?,25?,26?,29?,30-/m0/s1. The topological polar surface area (TPSA) is 63.7 Å². The summed E-state index contributed by atoms with van der Waals surface area (Å²) < 4.78 is 6.06. The van der Waals surface area contributed by atoms with Gasteiger partial charge in [-0.1, -0.05) is 40.6 Å². The summed E-state index contributed by atoms with van der Waals surface area (Å²) in [5.74, 6) is 0.526. The zero-order valence-electron chi connectivity index (χ0n) is 21.7. The quantitative estimate of drug-likeness (QED) is 0.334. The van der Waals surface area contributed by atoms with Gasteiger partial charge in [0.1, 0.15) is 0 Å². The van der Waals surface area contributed by atoms with Crippen LogP contribution >= 0.6 is 15.9 Å². The summed E-state index contributed by atoms with van der Waals surface area (Å²) in [5.41, 5.74) is 4.89. The van der Waals surface area contributed by atoms with Crippen molar-refractivity contribution < 1.29 is 19.1 Å². The highest BCUT2D eigenvalue weighted by Crippen LogP contribution is 2.67. The first-order valence-electron chi connectivity index (χ1n) is 13.1. The summed E-state index contributed by atoms with van der Waals surface area (Å²) >= 11 is 3.40. The van der Waals surface area contributed by atoms with Gasteiger partial charge in [0.25, 0.3) is 0 Å². The molecule has 0 aliphatic heterocycles. The Kier molecular flexibility index (Phi) is 6.55. The van der Waals surface area contributed by atoms with Crippen LogP contribution in [0.3, 0.4) is 0 Å². The number of ether oxygens (including phenoxy) is 1. The molecule has 6 heteroatoms. The molecule has 1 aromatic rings. The maximum Gasteiger partial charge on any atom is 0.303 e. The third-order valence-electron chi connectivity index (χ3n) is 9.56. The van der Waals surface area contributed by atoms with Crippen LogP contribution in [0.2, 0.25) is 0 Å². The molecule has 0 bridgehead atoms. The minimum Gasteiger partial charge on any atom is -0.451 e. The predicted molar refractivity (Wildman–Crippen MR) is 144 cm³/mol. The van der Waals surface area contributed by atoms with Crippen molar-refractivity contribution >= 4 is 39.2 Å². The lowest BCUT2D eigenvalue weighted by atomic mass is 9.50. The fraction of sp³-hybridized carbons (Fsp3) is 0.567. The molecule has 0 spiro atoms. The van der Waals surface area contributed by atoms with E-state index in [9.17, 15) is 14.4 Å². The number of rotatable bonds is 5. The molecular weight excluding hydrogens is 518 g/mol. The first-order chi connectivity index (χ1) is 17.1. The van der Waals surface area contributed by atoms with Gasteiger partial charge in [-0.3, -0.25) is 14.4 Å². The second kappa shape index (κ2) is 9.27. The van der Waals surface area contributed by atoms with E-state index in [4.69, 9.17) is 4.74 Å². The van der Waals surface area contributed by atoms with Gasteiger partial charge in [0.05, 0.1) is 5.33 Å². The number of Topliss-reactive ketones (excluding diaryl/α,β-unsaturated/α-hetero) is 1. The van der Waals surface area contributed by atoms with E-state index in [1.807, 2.05) is 20.2 Å². The van der Waals surface area contributed by atoms with Crippen LogP contribution in [0.15, 0.2) is 47.1 Å². The minimum absolute atomic E-state index is 0.0276. The Morgan fingerprint density at radius 1 is 1.11 bits per heavy atom. The number of fused-ring (bicyclic) bond motifs is 4. The van der Waals surface area contributed by atoms with Crippen LogP contribution in [0.4, 0.5) is 5.69 Å². The van der Waals surface area contributed by atoms with Gasteiger partial charge in [0.2, 0.25) is 0 Å². The Balaban J connectivity index is 1.69. The summed E-state index contributed by atoms with van der Waals surface area (Å²) in [6, 6.07) is 8.75. The first kappa shape index (κ1) is 25.4. The van der Waals surface area contributed by atoms with Crippen molar-refractivity contribution in [2.24, 2.45) is 17.3 Å². The molecule has 2 fully saturated rings. The van der Waals surface area contributed by atoms with E-state index in [0.717, 1.165) is 37.8 Å². The molecule has 5 atom stereocenters. The molecule has 36 heavy (non-hydrogen) atoms. The summed E-state index contributed by atoms with van der Waals surface area (Å²) in [4.78, 5) is 40.2. The molecule has 0 amide bonds. The molecule has 4 unspecified atom stereocenters. The lowest BCUT2D eigenvalue weighted by molar-refractivity contribution is -0.182. The van der Waals surface area contributed by atoms with Crippen LogP contribution in [0.1, 0.15) is 70.3 Å². The van der Waals surface area contributed by atoms with Gasteiger partial charge in [-0.2, -0.15) is 0 Å². The number of hydrogen-bond acceptors (Lipinski definition) is 5.